The summed E-state index contributed by atoms with van der Waals surface area (Å²) in [4.78, 5) is 0. The highest BCUT2D eigenvalue weighted by molar-refractivity contribution is 8.48. The van der Waals surface area contributed by atoms with Crippen molar-refractivity contribution in [1.29, 1.82) is 0 Å². The highest BCUT2D eigenvalue weighted by Gasteiger charge is 1.87. The quantitative estimate of drug-likeness (QED) is 0.373. The van der Waals surface area contributed by atoms with Gasteiger partial charge in [0.1, 0.15) is 0 Å². The van der Waals surface area contributed by atoms with Crippen molar-refractivity contribution >= 4 is 17.0 Å². The number of hydrogen-bond donors (Lipinski definition) is 0. The molecule has 0 saturated carbocycles. The van der Waals surface area contributed by atoms with E-state index in [1.54, 1.807) is 0 Å². The number of rotatable bonds is 0. The number of hydrogen-bond acceptors (Lipinski definition) is 0. The maximum atomic E-state index is 2.27. The minimum Gasteiger partial charge on any atom is -0.285 e. The minimum atomic E-state index is -0.167. The van der Waals surface area contributed by atoms with Crippen LogP contribution in [-0.2, 0) is 0 Å². The molecule has 0 amide bonds. The van der Waals surface area contributed by atoms with Crippen LogP contribution in [0.4, 0.5) is 0 Å². The molecule has 0 heterocycles. The van der Waals surface area contributed by atoms with Gasteiger partial charge in [0.25, 0.3) is 0 Å². The Kier molecular flexibility index (Phi) is 1.35. The Balaban J connectivity index is 3.02. The van der Waals surface area contributed by atoms with Gasteiger partial charge in [0, 0.05) is 0 Å². The van der Waals surface area contributed by atoms with Crippen molar-refractivity contribution in [2.75, 3.05) is 18.8 Å². The molecule has 0 aliphatic rings. The van der Waals surface area contributed by atoms with Gasteiger partial charge in [-0.2, -0.15) is 0 Å². The normalized spacial score (nSPS) is 15.0. The zero-order chi connectivity index (χ0) is 4.50. The second-order valence-corrected chi connectivity index (χ2v) is 7.35. The summed E-state index contributed by atoms with van der Waals surface area (Å²) >= 11 is 0. The molecular weight excluding hydrogens is 78.9 g/mol. The monoisotopic (exact) mass is 90.1 g/mol. The van der Waals surface area contributed by atoms with Gasteiger partial charge in [-0.3, -0.25) is 9.88 Å². The Morgan fingerprint density at radius 2 is 1.20 bits per heavy atom. The average Bonchev–Trinajstić information content (AvgIpc) is 0.722. The van der Waals surface area contributed by atoms with Gasteiger partial charge in [0.2, 0.25) is 0 Å². The second-order valence-electron chi connectivity index (χ2n) is 2.45. The van der Waals surface area contributed by atoms with E-state index in [1.165, 1.54) is 0 Å². The van der Waals surface area contributed by atoms with E-state index < -0.39 is 0 Å². The molecule has 0 unspecified atom stereocenters. The van der Waals surface area contributed by atoms with E-state index in [0.717, 1.165) is 0 Å². The van der Waals surface area contributed by atoms with E-state index in [4.69, 9.17) is 0 Å². The Bertz CT molecular complexity index is 22.4. The van der Waals surface area contributed by atoms with E-state index in [1.807, 2.05) is 0 Å². The predicted octanol–water partition coefficient (Wildman–Crippen LogP) is 0.228. The molecule has 0 N–H and O–H groups in total. The highest BCUT2D eigenvalue weighted by atomic mass is 32.3. The molecule has 2 heteroatoms. The maximum absolute atomic E-state index is 2.27. The molecule has 0 fully saturated rings. The topological polar surface area (TPSA) is 0 Å². The van der Waals surface area contributed by atoms with Crippen LogP contribution in [0.25, 0.3) is 0 Å². The van der Waals surface area contributed by atoms with Crippen molar-refractivity contribution in [3.8, 4) is 0 Å². The maximum Gasteiger partial charge on any atom is 0.152 e. The third-order valence-corrected chi connectivity index (χ3v) is 0. The molecule has 0 aliphatic heterocycles. The molecule has 0 aromatic heterocycles. The Morgan fingerprint density at radius 1 is 1.20 bits per heavy atom. The Morgan fingerprint density at radius 3 is 1.20 bits per heavy atom. The van der Waals surface area contributed by atoms with Gasteiger partial charge in [-0.05, 0) is 18.8 Å². The minimum absolute atomic E-state index is 0.167. The lowest BCUT2D eigenvalue weighted by molar-refractivity contribution is 2.17. The SMILES string of the molecule is BS(C)(C)C. The molecule has 0 rings (SSSR count). The van der Waals surface area contributed by atoms with Crippen LogP contribution in [0, 0.1) is 0 Å². The molecule has 0 atom stereocenters. The summed E-state index contributed by atoms with van der Waals surface area (Å²) in [5, 5.41) is 0. The van der Waals surface area contributed by atoms with Gasteiger partial charge in [0.15, 0.2) is 7.12 Å². The molecule has 5 heavy (non-hydrogen) atoms. The summed E-state index contributed by atoms with van der Waals surface area (Å²) < 4.78 is 0. The van der Waals surface area contributed by atoms with E-state index in [-0.39, 0.29) is 9.88 Å². The zero-order valence-corrected chi connectivity index (χ0v) is 5.22. The van der Waals surface area contributed by atoms with Crippen molar-refractivity contribution in [2.24, 2.45) is 0 Å². The Hall–Kier alpha value is 0.415. The standard InChI is InChI=1S/C3H11BS/c1-5(2,3)4/h4H2,1-3H3. The molecule has 0 aromatic carbocycles. The summed E-state index contributed by atoms with van der Waals surface area (Å²) in [6.07, 6.45) is 6.81. The van der Waals surface area contributed by atoms with Gasteiger partial charge < -0.3 is 0 Å². The first-order chi connectivity index (χ1) is 2.00. The first kappa shape index (κ1) is 5.41. The van der Waals surface area contributed by atoms with Gasteiger partial charge in [-0.25, -0.2) is 0 Å². The van der Waals surface area contributed by atoms with Crippen molar-refractivity contribution < 1.29 is 0 Å². The summed E-state index contributed by atoms with van der Waals surface area (Å²) in [7, 11) is 2.10. The lowest BCUT2D eigenvalue weighted by Gasteiger charge is -2.15. The van der Waals surface area contributed by atoms with Crippen LogP contribution >= 0.6 is 9.88 Å². The lowest BCUT2D eigenvalue weighted by atomic mass is 10.8. The van der Waals surface area contributed by atoms with E-state index >= 15 is 0 Å². The molecular formula is C3H11BS. The summed E-state index contributed by atoms with van der Waals surface area (Å²) in [5.74, 6) is 0. The average molecular weight is 90.0 g/mol. The third kappa shape index (κ3) is 150. The smallest absolute Gasteiger partial charge is 0.152 e. The van der Waals surface area contributed by atoms with Crippen LogP contribution in [0.15, 0.2) is 0 Å². The fraction of sp³-hybridized carbons (Fsp3) is 1.00. The van der Waals surface area contributed by atoms with Crippen molar-refractivity contribution in [3.63, 3.8) is 0 Å². The molecule has 0 bridgehead atoms. The predicted molar refractivity (Wildman–Crippen MR) is 33.9 cm³/mol. The Labute approximate surface area is 36.6 Å². The molecule has 0 nitrogen and oxygen atoms in total. The molecule has 0 aromatic rings. The van der Waals surface area contributed by atoms with Gasteiger partial charge in [-0.15, -0.1) is 0 Å². The summed E-state index contributed by atoms with van der Waals surface area (Å²) in [6, 6.07) is 0. The highest BCUT2D eigenvalue weighted by Crippen LogP contribution is 2.25. The zero-order valence-electron chi connectivity index (χ0n) is 4.41. The van der Waals surface area contributed by atoms with Crippen molar-refractivity contribution in [3.05, 3.63) is 0 Å². The summed E-state index contributed by atoms with van der Waals surface area (Å²) in [6.45, 7) is 0. The van der Waals surface area contributed by atoms with Crippen LogP contribution in [0.5, 0.6) is 0 Å². The van der Waals surface area contributed by atoms with E-state index in [0.29, 0.717) is 0 Å². The third-order valence-electron chi connectivity index (χ3n) is 0. The molecule has 32 valence electrons. The molecule has 0 spiro atoms. The fourth-order valence-corrected chi connectivity index (χ4v) is 0. The van der Waals surface area contributed by atoms with Crippen molar-refractivity contribution in [1.82, 2.24) is 0 Å². The van der Waals surface area contributed by atoms with E-state index in [9.17, 15) is 0 Å². The van der Waals surface area contributed by atoms with Gasteiger partial charge in [-0.1, -0.05) is 0 Å². The van der Waals surface area contributed by atoms with Crippen LogP contribution < -0.4 is 0 Å². The van der Waals surface area contributed by atoms with Gasteiger partial charge in [0.05, 0.1) is 0 Å². The molecule has 0 aliphatic carbocycles. The van der Waals surface area contributed by atoms with Crippen LogP contribution in [-0.4, -0.2) is 25.9 Å². The van der Waals surface area contributed by atoms with Crippen LogP contribution in [0.3, 0.4) is 0 Å². The van der Waals surface area contributed by atoms with E-state index in [2.05, 4.69) is 25.9 Å². The fourth-order valence-electron chi connectivity index (χ4n) is 0. The van der Waals surface area contributed by atoms with Crippen LogP contribution in [0.2, 0.25) is 0 Å². The molecule has 0 saturated heterocycles. The van der Waals surface area contributed by atoms with Gasteiger partial charge >= 0.3 is 0 Å². The van der Waals surface area contributed by atoms with Crippen molar-refractivity contribution in [2.45, 2.75) is 0 Å². The van der Waals surface area contributed by atoms with Crippen LogP contribution in [0.1, 0.15) is 0 Å². The first-order valence-corrected chi connectivity index (χ1v) is 4.90. The largest absolute Gasteiger partial charge is 0.285 e. The molecule has 0 radical (unpaired) electrons. The first-order valence-electron chi connectivity index (χ1n) is 1.63. The second kappa shape index (κ2) is 1.25. The summed E-state index contributed by atoms with van der Waals surface area (Å²) in [5.41, 5.74) is 0. The lowest BCUT2D eigenvalue weighted by Crippen LogP contribution is -1.85.